The van der Waals surface area contributed by atoms with Crippen LogP contribution in [0.3, 0.4) is 0 Å². The first kappa shape index (κ1) is 13.6. The second-order valence-corrected chi connectivity index (χ2v) is 5.82. The van der Waals surface area contributed by atoms with Crippen molar-refractivity contribution >= 4 is 0 Å². The molecule has 0 spiro atoms. The molecular formula is C16H26N2. The lowest BCUT2D eigenvalue weighted by atomic mass is 10.0. The molecule has 0 aliphatic carbocycles. The van der Waals surface area contributed by atoms with Crippen molar-refractivity contribution in [2.75, 3.05) is 13.1 Å². The largest absolute Gasteiger partial charge is 0.306 e. The Kier molecular flexibility index (Phi) is 4.41. The number of benzene rings is 1. The third kappa shape index (κ3) is 3.12. The van der Waals surface area contributed by atoms with Gasteiger partial charge in [0.1, 0.15) is 0 Å². The van der Waals surface area contributed by atoms with Crippen LogP contribution in [0.25, 0.3) is 0 Å². The van der Waals surface area contributed by atoms with E-state index in [1.54, 1.807) is 0 Å². The Balaban J connectivity index is 1.93. The van der Waals surface area contributed by atoms with Gasteiger partial charge in [-0.3, -0.25) is 4.90 Å². The maximum absolute atomic E-state index is 3.78. The second-order valence-electron chi connectivity index (χ2n) is 5.82. The normalized spacial score (nSPS) is 22.6. The summed E-state index contributed by atoms with van der Waals surface area (Å²) in [6.45, 7) is 11.5. The van der Waals surface area contributed by atoms with Crippen LogP contribution in [0.15, 0.2) is 24.3 Å². The quantitative estimate of drug-likeness (QED) is 0.878. The topological polar surface area (TPSA) is 15.3 Å². The summed E-state index contributed by atoms with van der Waals surface area (Å²) in [5.41, 5.74) is 2.82. The van der Waals surface area contributed by atoms with Crippen molar-refractivity contribution in [2.45, 2.75) is 52.2 Å². The Bertz CT molecular complexity index is 386. The fraction of sp³-hybridized carbons (Fsp3) is 0.625. The number of nitrogens with one attached hydrogen (secondary N) is 1. The molecule has 2 nitrogen and oxygen atoms in total. The minimum atomic E-state index is 0.448. The van der Waals surface area contributed by atoms with Crippen LogP contribution in [0.2, 0.25) is 0 Å². The summed E-state index contributed by atoms with van der Waals surface area (Å²) in [5.74, 6) is 0. The highest BCUT2D eigenvalue weighted by atomic mass is 15.2. The van der Waals surface area contributed by atoms with Gasteiger partial charge >= 0.3 is 0 Å². The highest BCUT2D eigenvalue weighted by molar-refractivity contribution is 5.28. The molecule has 2 heteroatoms. The lowest BCUT2D eigenvalue weighted by Crippen LogP contribution is -2.36. The van der Waals surface area contributed by atoms with E-state index in [1.165, 1.54) is 30.6 Å². The van der Waals surface area contributed by atoms with Crippen molar-refractivity contribution in [2.24, 2.45) is 0 Å². The summed E-state index contributed by atoms with van der Waals surface area (Å²) in [6, 6.07) is 10.4. The molecule has 0 bridgehead atoms. The van der Waals surface area contributed by atoms with Crippen molar-refractivity contribution in [3.8, 4) is 0 Å². The van der Waals surface area contributed by atoms with E-state index in [1.807, 2.05) is 0 Å². The summed E-state index contributed by atoms with van der Waals surface area (Å²) in [6.07, 6.45) is 1.27. The van der Waals surface area contributed by atoms with Gasteiger partial charge in [-0.15, -0.1) is 0 Å². The van der Waals surface area contributed by atoms with E-state index in [-0.39, 0.29) is 0 Å². The monoisotopic (exact) mass is 246 g/mol. The number of hydrogen-bond acceptors (Lipinski definition) is 2. The van der Waals surface area contributed by atoms with Crippen molar-refractivity contribution in [1.29, 1.82) is 0 Å². The molecule has 2 rings (SSSR count). The standard InChI is InChI=1S/C16H26N2/c1-12(2)18-10-9-15(11-18)17-14(4)16-8-6-5-7-13(16)3/h5-8,12,14-15,17H,9-11H2,1-4H3/t14-,15?/m1/s1. The predicted molar refractivity (Wildman–Crippen MR) is 77.8 cm³/mol. The van der Waals surface area contributed by atoms with Crippen molar-refractivity contribution in [3.05, 3.63) is 35.4 Å². The molecule has 1 aromatic rings. The van der Waals surface area contributed by atoms with Gasteiger partial charge in [-0.1, -0.05) is 24.3 Å². The van der Waals surface area contributed by atoms with Gasteiger partial charge in [0.2, 0.25) is 0 Å². The highest BCUT2D eigenvalue weighted by Gasteiger charge is 2.25. The van der Waals surface area contributed by atoms with Gasteiger partial charge in [0, 0.05) is 24.7 Å². The first-order chi connectivity index (χ1) is 8.58. The van der Waals surface area contributed by atoms with Crippen LogP contribution in [0.4, 0.5) is 0 Å². The number of rotatable bonds is 4. The third-order valence-electron chi connectivity index (χ3n) is 4.09. The van der Waals surface area contributed by atoms with Crippen LogP contribution in [0.1, 0.15) is 44.4 Å². The number of hydrogen-bond donors (Lipinski definition) is 1. The van der Waals surface area contributed by atoms with E-state index in [4.69, 9.17) is 0 Å². The minimum absolute atomic E-state index is 0.448. The summed E-state index contributed by atoms with van der Waals surface area (Å²) in [4.78, 5) is 2.56. The Morgan fingerprint density at radius 1 is 1.22 bits per heavy atom. The molecule has 1 unspecified atom stereocenters. The average molecular weight is 246 g/mol. The molecule has 1 saturated heterocycles. The van der Waals surface area contributed by atoms with Crippen LogP contribution >= 0.6 is 0 Å². The van der Waals surface area contributed by atoms with Gasteiger partial charge < -0.3 is 5.32 Å². The average Bonchev–Trinajstić information content (AvgIpc) is 2.78. The summed E-state index contributed by atoms with van der Waals surface area (Å²) in [5, 5.41) is 3.78. The zero-order valence-corrected chi connectivity index (χ0v) is 12.1. The fourth-order valence-electron chi connectivity index (χ4n) is 2.91. The van der Waals surface area contributed by atoms with Gasteiger partial charge in [-0.2, -0.15) is 0 Å². The van der Waals surface area contributed by atoms with Gasteiger partial charge in [0.15, 0.2) is 0 Å². The van der Waals surface area contributed by atoms with Crippen LogP contribution in [0, 0.1) is 6.92 Å². The first-order valence-corrected chi connectivity index (χ1v) is 7.13. The van der Waals surface area contributed by atoms with Gasteiger partial charge in [0.25, 0.3) is 0 Å². The molecule has 1 N–H and O–H groups in total. The summed E-state index contributed by atoms with van der Waals surface area (Å²) >= 11 is 0. The molecular weight excluding hydrogens is 220 g/mol. The molecule has 1 aromatic carbocycles. The van der Waals surface area contributed by atoms with E-state index in [0.29, 0.717) is 18.1 Å². The number of nitrogens with zero attached hydrogens (tertiary/aromatic N) is 1. The number of likely N-dealkylation sites (tertiary alicyclic amines) is 1. The van der Waals surface area contributed by atoms with Crippen LogP contribution in [-0.4, -0.2) is 30.1 Å². The molecule has 1 fully saturated rings. The van der Waals surface area contributed by atoms with E-state index < -0.39 is 0 Å². The van der Waals surface area contributed by atoms with Crippen LogP contribution in [0.5, 0.6) is 0 Å². The lowest BCUT2D eigenvalue weighted by Gasteiger charge is -2.23. The third-order valence-corrected chi connectivity index (χ3v) is 4.09. The van der Waals surface area contributed by atoms with E-state index in [0.717, 1.165) is 0 Å². The molecule has 100 valence electrons. The highest BCUT2D eigenvalue weighted by Crippen LogP contribution is 2.20. The molecule has 0 saturated carbocycles. The minimum Gasteiger partial charge on any atom is -0.306 e. The Morgan fingerprint density at radius 3 is 2.56 bits per heavy atom. The van der Waals surface area contributed by atoms with E-state index in [2.05, 4.69) is 62.2 Å². The zero-order chi connectivity index (χ0) is 13.1. The molecule has 0 aromatic heterocycles. The van der Waals surface area contributed by atoms with Crippen molar-refractivity contribution in [3.63, 3.8) is 0 Å². The smallest absolute Gasteiger partial charge is 0.0297 e. The Labute approximate surface area is 111 Å². The van der Waals surface area contributed by atoms with Crippen LogP contribution < -0.4 is 5.32 Å². The molecule has 1 aliphatic rings. The molecule has 1 aliphatic heterocycles. The summed E-state index contributed by atoms with van der Waals surface area (Å²) in [7, 11) is 0. The maximum Gasteiger partial charge on any atom is 0.0297 e. The molecule has 18 heavy (non-hydrogen) atoms. The molecule has 2 atom stereocenters. The van der Waals surface area contributed by atoms with Gasteiger partial charge in [-0.25, -0.2) is 0 Å². The zero-order valence-electron chi connectivity index (χ0n) is 12.1. The van der Waals surface area contributed by atoms with Gasteiger partial charge in [-0.05, 0) is 51.8 Å². The predicted octanol–water partition coefficient (Wildman–Crippen LogP) is 3.13. The lowest BCUT2D eigenvalue weighted by molar-refractivity contribution is 0.266. The van der Waals surface area contributed by atoms with Gasteiger partial charge in [0.05, 0.1) is 0 Å². The Morgan fingerprint density at radius 2 is 1.94 bits per heavy atom. The first-order valence-electron chi connectivity index (χ1n) is 7.13. The summed E-state index contributed by atoms with van der Waals surface area (Å²) < 4.78 is 0. The molecule has 0 radical (unpaired) electrons. The molecule has 1 heterocycles. The van der Waals surface area contributed by atoms with Crippen molar-refractivity contribution < 1.29 is 0 Å². The van der Waals surface area contributed by atoms with E-state index in [9.17, 15) is 0 Å². The maximum atomic E-state index is 3.78. The second kappa shape index (κ2) is 5.85. The SMILES string of the molecule is Cc1ccccc1[C@@H](C)NC1CCN(C(C)C)C1. The Hall–Kier alpha value is -0.860. The number of aryl methyl sites for hydroxylation is 1. The molecule has 0 amide bonds. The van der Waals surface area contributed by atoms with Crippen molar-refractivity contribution in [1.82, 2.24) is 10.2 Å². The van der Waals surface area contributed by atoms with Crippen LogP contribution in [-0.2, 0) is 0 Å². The van der Waals surface area contributed by atoms with E-state index >= 15 is 0 Å². The fourth-order valence-corrected chi connectivity index (χ4v) is 2.91.